The van der Waals surface area contributed by atoms with Gasteiger partial charge >= 0.3 is 6.03 Å². The zero-order valence-corrected chi connectivity index (χ0v) is 23.5. The zero-order chi connectivity index (χ0) is 28.6. The minimum Gasteiger partial charge on any atom is -0.497 e. The van der Waals surface area contributed by atoms with E-state index in [1.165, 1.54) is 5.56 Å². The summed E-state index contributed by atoms with van der Waals surface area (Å²) in [6.07, 6.45) is -0.203. The Labute approximate surface area is 235 Å². The van der Waals surface area contributed by atoms with Crippen molar-refractivity contribution in [1.29, 1.82) is 0 Å². The molecule has 3 N–H and O–H groups in total. The highest BCUT2D eigenvalue weighted by atomic mass is 16.5. The van der Waals surface area contributed by atoms with E-state index >= 15 is 0 Å². The topological polar surface area (TPSA) is 103 Å². The fraction of sp³-hybridized carbons (Fsp3) is 0.355. The van der Waals surface area contributed by atoms with Gasteiger partial charge < -0.3 is 30.1 Å². The molecule has 3 atom stereocenters. The maximum Gasteiger partial charge on any atom is 0.323 e. The van der Waals surface area contributed by atoms with E-state index in [9.17, 15) is 14.7 Å². The lowest BCUT2D eigenvalue weighted by Gasteiger charge is -2.38. The highest BCUT2D eigenvalue weighted by Gasteiger charge is 2.33. The predicted octanol–water partition coefficient (Wildman–Crippen LogP) is 4.69. The maximum absolute atomic E-state index is 13.7. The lowest BCUT2D eigenvalue weighted by molar-refractivity contribution is 0.0341. The van der Waals surface area contributed by atoms with Crippen LogP contribution in [0.3, 0.4) is 0 Å². The number of aliphatic hydroxyl groups excluding tert-OH is 1. The molecule has 0 bridgehead atoms. The van der Waals surface area contributed by atoms with Crippen LogP contribution in [0.15, 0.2) is 72.8 Å². The van der Waals surface area contributed by atoms with Gasteiger partial charge in [0.25, 0.3) is 5.91 Å². The van der Waals surface area contributed by atoms with Gasteiger partial charge in [0.1, 0.15) is 17.6 Å². The Morgan fingerprint density at radius 3 is 2.45 bits per heavy atom. The average Bonchev–Trinajstić information content (AvgIpc) is 2.95. The number of anilines is 2. The molecule has 0 saturated heterocycles. The molecule has 9 heteroatoms. The molecule has 3 amide bonds. The van der Waals surface area contributed by atoms with Crippen molar-refractivity contribution in [2.45, 2.75) is 32.5 Å². The van der Waals surface area contributed by atoms with Gasteiger partial charge in [0, 0.05) is 36.9 Å². The van der Waals surface area contributed by atoms with Gasteiger partial charge in [-0.2, -0.15) is 0 Å². The molecule has 3 aromatic carbocycles. The van der Waals surface area contributed by atoms with Crippen molar-refractivity contribution >= 4 is 23.3 Å². The third-order valence-electron chi connectivity index (χ3n) is 7.06. The van der Waals surface area contributed by atoms with E-state index in [1.54, 1.807) is 54.5 Å². The number of benzene rings is 3. The number of methoxy groups -OCH3 is 1. The first kappa shape index (κ1) is 28.9. The number of aliphatic hydroxyl groups is 1. The normalized spacial score (nSPS) is 17.8. The van der Waals surface area contributed by atoms with Crippen LogP contribution in [0.25, 0.3) is 0 Å². The molecule has 9 nitrogen and oxygen atoms in total. The summed E-state index contributed by atoms with van der Waals surface area (Å²) in [6.45, 7) is 5.58. The highest BCUT2D eigenvalue weighted by molar-refractivity contribution is 6.02. The number of nitrogens with one attached hydrogen (secondary N) is 2. The Balaban J connectivity index is 1.54. The number of rotatable bonds is 9. The number of ether oxygens (including phenoxy) is 2. The highest BCUT2D eigenvalue weighted by Crippen LogP contribution is 2.31. The largest absolute Gasteiger partial charge is 0.497 e. The van der Waals surface area contributed by atoms with Crippen molar-refractivity contribution in [2.75, 3.05) is 44.5 Å². The Hall–Kier alpha value is -4.08. The number of nitrogens with zero attached hydrogens (tertiary/aromatic N) is 2. The summed E-state index contributed by atoms with van der Waals surface area (Å²) in [7, 11) is 3.63. The molecule has 1 heterocycles. The second kappa shape index (κ2) is 13.3. The molecule has 0 saturated carbocycles. The number of carbonyl (C=O) groups excluding carboxylic acids is 2. The van der Waals surface area contributed by atoms with Crippen LogP contribution < -0.4 is 20.1 Å². The summed E-state index contributed by atoms with van der Waals surface area (Å²) in [4.78, 5) is 30.3. The van der Waals surface area contributed by atoms with E-state index in [0.29, 0.717) is 41.5 Å². The Kier molecular flexibility index (Phi) is 9.63. The quantitative estimate of drug-likeness (QED) is 0.360. The first-order valence-corrected chi connectivity index (χ1v) is 13.4. The molecule has 1 aliphatic rings. The van der Waals surface area contributed by atoms with Gasteiger partial charge in [-0.15, -0.1) is 0 Å². The molecular weight excluding hydrogens is 508 g/mol. The molecule has 0 radical (unpaired) electrons. The number of hydrogen-bond acceptors (Lipinski definition) is 6. The van der Waals surface area contributed by atoms with Gasteiger partial charge in [-0.05, 0) is 62.0 Å². The fourth-order valence-electron chi connectivity index (χ4n) is 4.75. The van der Waals surface area contributed by atoms with Gasteiger partial charge in [0.15, 0.2) is 0 Å². The number of amides is 3. The number of likely N-dealkylation sites (N-methyl/N-ethyl adjacent to an activating group) is 1. The van der Waals surface area contributed by atoms with Crippen LogP contribution in [-0.2, 0) is 6.54 Å². The van der Waals surface area contributed by atoms with E-state index in [1.807, 2.05) is 25.1 Å². The monoisotopic (exact) mass is 546 g/mol. The van der Waals surface area contributed by atoms with E-state index in [2.05, 4.69) is 41.6 Å². The standard InChI is InChI=1S/C31H38N4O5/c1-21-17-35(22(2)20-36)30(37)27-16-25(33-31(38)32-24-10-13-26(39-4)14-11-24)12-15-28(27)40-29(21)19-34(3)18-23-8-6-5-7-9-23/h5-16,21-22,29,36H,17-20H2,1-4H3,(H2,32,33,38)/t21-,22+,29-/m1/s1. The molecule has 40 heavy (non-hydrogen) atoms. The molecule has 4 rings (SSSR count). The molecule has 212 valence electrons. The van der Waals surface area contributed by atoms with Crippen LogP contribution in [0.1, 0.15) is 29.8 Å². The second-order valence-electron chi connectivity index (χ2n) is 10.3. The summed E-state index contributed by atoms with van der Waals surface area (Å²) < 4.78 is 11.6. The van der Waals surface area contributed by atoms with Crippen LogP contribution in [0.5, 0.6) is 11.5 Å². The molecular formula is C31H38N4O5. The van der Waals surface area contributed by atoms with E-state index < -0.39 is 6.03 Å². The van der Waals surface area contributed by atoms with Crippen LogP contribution in [0.2, 0.25) is 0 Å². The molecule has 0 spiro atoms. The number of hydrogen-bond donors (Lipinski definition) is 3. The van der Waals surface area contributed by atoms with Gasteiger partial charge in [0.2, 0.25) is 0 Å². The Morgan fingerprint density at radius 2 is 1.77 bits per heavy atom. The summed E-state index contributed by atoms with van der Waals surface area (Å²) in [6, 6.07) is 21.5. The Bertz CT molecular complexity index is 1280. The lowest BCUT2D eigenvalue weighted by atomic mass is 9.99. The lowest BCUT2D eigenvalue weighted by Crippen LogP contribution is -2.49. The van der Waals surface area contributed by atoms with Crippen LogP contribution in [0.4, 0.5) is 16.2 Å². The van der Waals surface area contributed by atoms with Crippen LogP contribution >= 0.6 is 0 Å². The van der Waals surface area contributed by atoms with Crippen molar-refractivity contribution in [1.82, 2.24) is 9.80 Å². The number of carbonyl (C=O) groups is 2. The molecule has 0 unspecified atom stereocenters. The summed E-state index contributed by atoms with van der Waals surface area (Å²) >= 11 is 0. The van der Waals surface area contributed by atoms with Crippen molar-refractivity contribution in [2.24, 2.45) is 5.92 Å². The smallest absolute Gasteiger partial charge is 0.323 e. The first-order valence-electron chi connectivity index (χ1n) is 13.4. The van der Waals surface area contributed by atoms with Gasteiger partial charge in [0.05, 0.1) is 25.3 Å². The molecule has 0 aliphatic carbocycles. The van der Waals surface area contributed by atoms with Crippen molar-refractivity contribution in [3.8, 4) is 11.5 Å². The van der Waals surface area contributed by atoms with Crippen molar-refractivity contribution < 1.29 is 24.2 Å². The minimum atomic E-state index is -0.445. The molecule has 0 aromatic heterocycles. The molecule has 0 fully saturated rings. The molecule has 1 aliphatic heterocycles. The number of urea groups is 1. The maximum atomic E-state index is 13.7. The third kappa shape index (κ3) is 7.31. The van der Waals surface area contributed by atoms with Crippen LogP contribution in [-0.4, -0.2) is 72.8 Å². The second-order valence-corrected chi connectivity index (χ2v) is 10.3. The summed E-state index contributed by atoms with van der Waals surface area (Å²) in [5.41, 5.74) is 2.59. The SMILES string of the molecule is COc1ccc(NC(=O)Nc2ccc3c(c2)C(=O)N([C@@H](C)CO)C[C@@H](C)[C@@H](CN(C)Cc2ccccc2)O3)cc1. The average molecular weight is 547 g/mol. The fourth-order valence-corrected chi connectivity index (χ4v) is 4.75. The summed E-state index contributed by atoms with van der Waals surface area (Å²) in [5, 5.41) is 15.5. The minimum absolute atomic E-state index is 0.0115. The van der Waals surface area contributed by atoms with Crippen molar-refractivity contribution in [3.05, 3.63) is 83.9 Å². The summed E-state index contributed by atoms with van der Waals surface area (Å²) in [5.74, 6) is 0.897. The third-order valence-corrected chi connectivity index (χ3v) is 7.06. The zero-order valence-electron chi connectivity index (χ0n) is 23.5. The molecule has 3 aromatic rings. The predicted molar refractivity (Wildman–Crippen MR) is 156 cm³/mol. The first-order chi connectivity index (χ1) is 19.3. The number of fused-ring (bicyclic) bond motifs is 1. The van der Waals surface area contributed by atoms with Gasteiger partial charge in [-0.1, -0.05) is 37.3 Å². The van der Waals surface area contributed by atoms with Crippen LogP contribution in [0, 0.1) is 5.92 Å². The van der Waals surface area contributed by atoms with Gasteiger partial charge in [-0.3, -0.25) is 9.69 Å². The Morgan fingerprint density at radius 1 is 1.10 bits per heavy atom. The van der Waals surface area contributed by atoms with E-state index in [0.717, 1.165) is 6.54 Å². The van der Waals surface area contributed by atoms with Crippen molar-refractivity contribution in [3.63, 3.8) is 0 Å². The van der Waals surface area contributed by atoms with E-state index in [4.69, 9.17) is 9.47 Å². The van der Waals surface area contributed by atoms with E-state index in [-0.39, 0.29) is 30.6 Å². The van der Waals surface area contributed by atoms with Gasteiger partial charge in [-0.25, -0.2) is 4.79 Å².